The normalized spacial score (nSPS) is 12.6. The third kappa shape index (κ3) is 1.66. The van der Waals surface area contributed by atoms with Crippen LogP contribution in [0.1, 0.15) is 4.88 Å². The Balaban J connectivity index is 2.22. The molecule has 0 amide bonds. The monoisotopic (exact) mass is 287 g/mol. The molecule has 0 aliphatic carbocycles. The summed E-state index contributed by atoms with van der Waals surface area (Å²) in [6.45, 7) is 0.432. The van der Waals surface area contributed by atoms with E-state index in [-0.39, 0.29) is 0 Å². The molecule has 0 bridgehead atoms. The van der Waals surface area contributed by atoms with Crippen molar-refractivity contribution < 1.29 is 4.74 Å². The summed E-state index contributed by atoms with van der Waals surface area (Å²) in [6.07, 6.45) is 0. The zero-order chi connectivity index (χ0) is 12.0. The van der Waals surface area contributed by atoms with Gasteiger partial charge in [-0.15, -0.1) is 0 Å². The van der Waals surface area contributed by atoms with Gasteiger partial charge in [0, 0.05) is 5.56 Å². The number of hydrogen-bond donors (Lipinski definition) is 2. The Labute approximate surface area is 111 Å². The Morgan fingerprint density at radius 1 is 1.41 bits per heavy atom. The van der Waals surface area contributed by atoms with E-state index in [1.807, 2.05) is 6.07 Å². The summed E-state index contributed by atoms with van der Waals surface area (Å²) >= 11 is 13.5. The topological polar surface area (TPSA) is 60.2 Å². The zero-order valence-electron chi connectivity index (χ0n) is 8.46. The van der Waals surface area contributed by atoms with Crippen LogP contribution in [0.15, 0.2) is 12.1 Å². The highest BCUT2D eigenvalue weighted by Gasteiger charge is 2.24. The SMILES string of the molecule is NNc1nc2c(s1)COc1c-2ccc(Cl)c1Cl. The Morgan fingerprint density at radius 2 is 2.24 bits per heavy atom. The van der Waals surface area contributed by atoms with E-state index in [1.165, 1.54) is 11.3 Å². The molecule has 2 aromatic rings. The summed E-state index contributed by atoms with van der Waals surface area (Å²) in [5.74, 6) is 5.93. The van der Waals surface area contributed by atoms with Crippen LogP contribution in [0.2, 0.25) is 10.0 Å². The molecular formula is C10H7Cl2N3OS. The van der Waals surface area contributed by atoms with Gasteiger partial charge in [-0.3, -0.25) is 5.43 Å². The van der Waals surface area contributed by atoms with Crippen molar-refractivity contribution in [3.63, 3.8) is 0 Å². The highest BCUT2D eigenvalue weighted by atomic mass is 35.5. The molecule has 88 valence electrons. The average Bonchev–Trinajstić information content (AvgIpc) is 2.76. The minimum absolute atomic E-state index is 0.421. The van der Waals surface area contributed by atoms with Gasteiger partial charge in [0.2, 0.25) is 0 Å². The number of hydrogen-bond acceptors (Lipinski definition) is 5. The number of nitrogens with two attached hydrogens (primary N) is 1. The molecule has 4 nitrogen and oxygen atoms in total. The van der Waals surface area contributed by atoms with E-state index in [4.69, 9.17) is 33.8 Å². The molecule has 0 spiro atoms. The smallest absolute Gasteiger partial charge is 0.197 e. The second-order valence-corrected chi connectivity index (χ2v) is 5.33. The van der Waals surface area contributed by atoms with Crippen molar-refractivity contribution in [3.05, 3.63) is 27.1 Å². The van der Waals surface area contributed by atoms with E-state index < -0.39 is 0 Å². The van der Waals surface area contributed by atoms with Gasteiger partial charge in [-0.25, -0.2) is 10.8 Å². The van der Waals surface area contributed by atoms with Crippen molar-refractivity contribution in [1.29, 1.82) is 0 Å². The number of anilines is 1. The van der Waals surface area contributed by atoms with Gasteiger partial charge < -0.3 is 4.74 Å². The molecule has 0 saturated heterocycles. The van der Waals surface area contributed by atoms with Gasteiger partial charge in [0.15, 0.2) is 5.13 Å². The van der Waals surface area contributed by atoms with Gasteiger partial charge in [-0.2, -0.15) is 0 Å². The number of aromatic nitrogens is 1. The van der Waals surface area contributed by atoms with Crippen LogP contribution in [0.4, 0.5) is 5.13 Å². The second kappa shape index (κ2) is 4.03. The fraction of sp³-hybridized carbons (Fsp3) is 0.100. The third-order valence-corrected chi connectivity index (χ3v) is 4.22. The molecular weight excluding hydrogens is 281 g/mol. The van der Waals surface area contributed by atoms with Crippen LogP contribution in [0.5, 0.6) is 5.75 Å². The van der Waals surface area contributed by atoms with Gasteiger partial charge >= 0.3 is 0 Å². The number of nitrogen functional groups attached to an aromatic ring is 1. The van der Waals surface area contributed by atoms with E-state index in [0.717, 1.165) is 16.1 Å². The van der Waals surface area contributed by atoms with Crippen LogP contribution in [0.3, 0.4) is 0 Å². The van der Waals surface area contributed by atoms with Gasteiger partial charge in [0.05, 0.1) is 15.6 Å². The highest BCUT2D eigenvalue weighted by Crippen LogP contribution is 2.46. The molecule has 0 radical (unpaired) electrons. The maximum absolute atomic E-state index is 6.10. The maximum atomic E-state index is 6.10. The number of fused-ring (bicyclic) bond motifs is 3. The average molecular weight is 288 g/mol. The predicted octanol–water partition coefficient (Wildman–Crippen LogP) is 3.29. The molecule has 0 saturated carbocycles. The summed E-state index contributed by atoms with van der Waals surface area (Å²) in [5.41, 5.74) is 4.23. The number of thiazole rings is 1. The van der Waals surface area contributed by atoms with E-state index in [0.29, 0.717) is 27.5 Å². The van der Waals surface area contributed by atoms with Crippen molar-refractivity contribution in [2.75, 3.05) is 5.43 Å². The number of rotatable bonds is 1. The van der Waals surface area contributed by atoms with Crippen molar-refractivity contribution in [1.82, 2.24) is 4.98 Å². The minimum atomic E-state index is 0.421. The fourth-order valence-corrected chi connectivity index (χ4v) is 2.89. The van der Waals surface area contributed by atoms with Crippen LogP contribution in [-0.2, 0) is 6.61 Å². The van der Waals surface area contributed by atoms with Crippen LogP contribution in [0, 0.1) is 0 Å². The third-order valence-electron chi connectivity index (χ3n) is 2.47. The zero-order valence-corrected chi connectivity index (χ0v) is 10.8. The van der Waals surface area contributed by atoms with Crippen LogP contribution in [-0.4, -0.2) is 4.98 Å². The maximum Gasteiger partial charge on any atom is 0.197 e. The van der Waals surface area contributed by atoms with Crippen molar-refractivity contribution in [3.8, 4) is 17.0 Å². The molecule has 3 rings (SSSR count). The van der Waals surface area contributed by atoms with Crippen LogP contribution >= 0.6 is 34.5 Å². The van der Waals surface area contributed by atoms with Crippen LogP contribution < -0.4 is 16.0 Å². The quantitative estimate of drug-likeness (QED) is 0.624. The molecule has 2 heterocycles. The summed E-state index contributed by atoms with van der Waals surface area (Å²) < 4.78 is 5.60. The molecule has 1 aliphatic heterocycles. The fourth-order valence-electron chi connectivity index (χ4n) is 1.72. The molecule has 7 heteroatoms. The Hall–Kier alpha value is -1.01. The van der Waals surface area contributed by atoms with Gasteiger partial charge in [0.25, 0.3) is 0 Å². The first-order valence-corrected chi connectivity index (χ1v) is 6.35. The highest BCUT2D eigenvalue weighted by molar-refractivity contribution is 7.16. The molecule has 0 fully saturated rings. The lowest BCUT2D eigenvalue weighted by atomic mass is 10.1. The second-order valence-electron chi connectivity index (χ2n) is 3.46. The first-order chi connectivity index (χ1) is 8.20. The lowest BCUT2D eigenvalue weighted by Gasteiger charge is -2.17. The van der Waals surface area contributed by atoms with Gasteiger partial charge in [0.1, 0.15) is 17.4 Å². The minimum Gasteiger partial charge on any atom is -0.486 e. The molecule has 3 N–H and O–H groups in total. The van der Waals surface area contributed by atoms with Gasteiger partial charge in [-0.1, -0.05) is 34.5 Å². The Morgan fingerprint density at radius 3 is 3.00 bits per heavy atom. The molecule has 1 aliphatic rings. The first kappa shape index (κ1) is 11.1. The van der Waals surface area contributed by atoms with E-state index >= 15 is 0 Å². The number of ether oxygens (including phenoxy) is 1. The number of hydrazine groups is 1. The molecule has 1 aromatic heterocycles. The standard InChI is InChI=1S/C10H7Cl2N3OS/c11-5-2-1-4-8-6(17-10(14-8)15-13)3-16-9(4)7(5)12/h1-2H,3,13H2,(H,14,15). The van der Waals surface area contributed by atoms with E-state index in [2.05, 4.69) is 10.4 Å². The van der Waals surface area contributed by atoms with Crippen molar-refractivity contribution in [2.45, 2.75) is 6.61 Å². The molecule has 0 atom stereocenters. The van der Waals surface area contributed by atoms with E-state index in [9.17, 15) is 0 Å². The number of nitrogens with zero attached hydrogens (tertiary/aromatic N) is 1. The van der Waals surface area contributed by atoms with Crippen molar-refractivity contribution in [2.24, 2.45) is 5.84 Å². The molecule has 17 heavy (non-hydrogen) atoms. The first-order valence-electron chi connectivity index (χ1n) is 4.78. The predicted molar refractivity (Wildman–Crippen MR) is 69.7 cm³/mol. The summed E-state index contributed by atoms with van der Waals surface area (Å²) in [7, 11) is 0. The van der Waals surface area contributed by atoms with E-state index in [1.54, 1.807) is 6.07 Å². The van der Waals surface area contributed by atoms with Crippen molar-refractivity contribution >= 4 is 39.7 Å². The Bertz CT molecular complexity index is 599. The summed E-state index contributed by atoms with van der Waals surface area (Å²) in [4.78, 5) is 5.40. The number of benzene rings is 1. The lowest BCUT2D eigenvalue weighted by Crippen LogP contribution is -2.06. The Kier molecular flexibility index (Phi) is 2.63. The van der Waals surface area contributed by atoms with Crippen LogP contribution in [0.25, 0.3) is 11.3 Å². The molecule has 1 aromatic carbocycles. The summed E-state index contributed by atoms with van der Waals surface area (Å²) in [6, 6.07) is 3.58. The van der Waals surface area contributed by atoms with Gasteiger partial charge in [-0.05, 0) is 12.1 Å². The lowest BCUT2D eigenvalue weighted by molar-refractivity contribution is 0.306. The largest absolute Gasteiger partial charge is 0.486 e. The number of nitrogens with one attached hydrogen (secondary N) is 1. The number of halogens is 2. The molecule has 0 unspecified atom stereocenters. The summed E-state index contributed by atoms with van der Waals surface area (Å²) in [5, 5.41) is 1.55.